The molecule has 27 heavy (non-hydrogen) atoms. The second-order valence-electron chi connectivity index (χ2n) is 5.55. The van der Waals surface area contributed by atoms with Crippen LogP contribution in [0.3, 0.4) is 0 Å². The van der Waals surface area contributed by atoms with E-state index in [2.05, 4.69) is 4.99 Å². The summed E-state index contributed by atoms with van der Waals surface area (Å²) in [4.78, 5) is 29.0. The first-order valence-corrected chi connectivity index (χ1v) is 8.87. The zero-order valence-corrected chi connectivity index (χ0v) is 15.0. The van der Waals surface area contributed by atoms with E-state index < -0.39 is 11.9 Å². The molecule has 0 radical (unpaired) electrons. The number of hydrogen-bond acceptors (Lipinski definition) is 7. The number of methoxy groups -OCH3 is 1. The summed E-state index contributed by atoms with van der Waals surface area (Å²) in [7, 11) is 1.33. The minimum atomic E-state index is -0.536. The largest absolute Gasteiger partial charge is 0.465 e. The fourth-order valence-corrected chi connectivity index (χ4v) is 3.26. The highest BCUT2D eigenvalue weighted by molar-refractivity contribution is 7.12. The summed E-state index contributed by atoms with van der Waals surface area (Å²) in [5, 5.41) is 1.88. The third kappa shape index (κ3) is 3.32. The van der Waals surface area contributed by atoms with Crippen molar-refractivity contribution in [1.29, 1.82) is 0 Å². The molecule has 0 unspecified atom stereocenters. The summed E-state index contributed by atoms with van der Waals surface area (Å²) in [6.45, 7) is 0. The number of ether oxygens (including phenoxy) is 2. The van der Waals surface area contributed by atoms with Crippen molar-refractivity contribution in [3.05, 3.63) is 75.8 Å². The van der Waals surface area contributed by atoms with E-state index in [1.807, 2.05) is 17.5 Å². The quantitative estimate of drug-likeness (QED) is 0.503. The molecule has 0 saturated heterocycles. The lowest BCUT2D eigenvalue weighted by molar-refractivity contribution is -0.129. The monoisotopic (exact) mass is 379 g/mol. The van der Waals surface area contributed by atoms with E-state index in [9.17, 15) is 9.59 Å². The highest BCUT2D eigenvalue weighted by atomic mass is 32.1. The minimum Gasteiger partial charge on any atom is -0.465 e. The van der Waals surface area contributed by atoms with Crippen molar-refractivity contribution >= 4 is 35.2 Å². The summed E-state index contributed by atoms with van der Waals surface area (Å²) in [6.07, 6.45) is 1.51. The maximum absolute atomic E-state index is 12.0. The fourth-order valence-electron chi connectivity index (χ4n) is 2.61. The van der Waals surface area contributed by atoms with Crippen LogP contribution in [0.1, 0.15) is 21.0 Å². The van der Waals surface area contributed by atoms with E-state index in [1.165, 1.54) is 24.5 Å². The predicted molar refractivity (Wildman–Crippen MR) is 100 cm³/mol. The van der Waals surface area contributed by atoms with Gasteiger partial charge in [0.15, 0.2) is 5.70 Å². The van der Waals surface area contributed by atoms with E-state index in [-0.39, 0.29) is 11.6 Å². The van der Waals surface area contributed by atoms with Gasteiger partial charge in [0.25, 0.3) is 0 Å². The first-order valence-electron chi connectivity index (χ1n) is 7.99. The molecule has 2 aromatic heterocycles. The second-order valence-corrected chi connectivity index (χ2v) is 6.50. The molecule has 3 heterocycles. The summed E-state index contributed by atoms with van der Waals surface area (Å²) >= 11 is 1.44. The fraction of sp³-hybridized carbons (Fsp3) is 0.0500. The summed E-state index contributed by atoms with van der Waals surface area (Å²) < 4.78 is 15.8. The molecule has 134 valence electrons. The maximum atomic E-state index is 12.0. The molecular weight excluding hydrogens is 366 g/mol. The average molecular weight is 379 g/mol. The van der Waals surface area contributed by atoms with Crippen LogP contribution in [0, 0.1) is 0 Å². The number of nitrogens with zero attached hydrogens (tertiary/aromatic N) is 1. The van der Waals surface area contributed by atoms with Gasteiger partial charge in [0.05, 0.1) is 17.6 Å². The Morgan fingerprint density at radius 3 is 2.78 bits per heavy atom. The van der Waals surface area contributed by atoms with Crippen molar-refractivity contribution in [2.75, 3.05) is 7.11 Å². The van der Waals surface area contributed by atoms with Crippen LogP contribution in [0.2, 0.25) is 0 Å². The number of cyclic esters (lactones) is 1. The van der Waals surface area contributed by atoms with Crippen LogP contribution >= 0.6 is 11.3 Å². The van der Waals surface area contributed by atoms with Gasteiger partial charge in [-0.05, 0) is 29.6 Å². The highest BCUT2D eigenvalue weighted by Crippen LogP contribution is 2.28. The molecule has 0 aliphatic carbocycles. The van der Waals surface area contributed by atoms with Gasteiger partial charge in [-0.15, -0.1) is 11.3 Å². The number of hydrogen-bond donors (Lipinski definition) is 0. The van der Waals surface area contributed by atoms with E-state index in [0.717, 1.165) is 4.88 Å². The highest BCUT2D eigenvalue weighted by Gasteiger charge is 2.25. The summed E-state index contributed by atoms with van der Waals surface area (Å²) in [5.41, 5.74) is 1.15. The molecule has 1 aliphatic heterocycles. The molecule has 0 saturated carbocycles. The number of benzene rings is 1. The molecule has 4 rings (SSSR count). The van der Waals surface area contributed by atoms with Gasteiger partial charge in [0, 0.05) is 11.6 Å². The number of rotatable bonds is 4. The molecule has 3 aromatic rings. The Bertz CT molecular complexity index is 1080. The number of thiophene rings is 1. The molecule has 0 amide bonds. The molecule has 0 fully saturated rings. The first-order chi connectivity index (χ1) is 13.2. The standard InChI is InChI=1S/C20H13NO5S/c1-24-19(22)14-6-3-2-5-13(14)16-9-8-12(25-16)11-15-20(23)26-18(21-15)17-7-4-10-27-17/h2-11H,1H3. The molecule has 1 aromatic carbocycles. The number of esters is 2. The van der Waals surface area contributed by atoms with Crippen LogP contribution in [-0.4, -0.2) is 24.9 Å². The van der Waals surface area contributed by atoms with E-state index >= 15 is 0 Å². The molecular formula is C20H13NO5S. The SMILES string of the molecule is COC(=O)c1ccccc1-c1ccc(C=C2N=C(c3cccs3)OC2=O)o1. The molecule has 6 nitrogen and oxygen atoms in total. The molecule has 0 bridgehead atoms. The lowest BCUT2D eigenvalue weighted by Gasteiger charge is -2.04. The molecule has 7 heteroatoms. The Morgan fingerprint density at radius 1 is 1.15 bits per heavy atom. The van der Waals surface area contributed by atoms with Crippen LogP contribution in [0.25, 0.3) is 17.4 Å². The Morgan fingerprint density at radius 2 is 2.00 bits per heavy atom. The van der Waals surface area contributed by atoms with Crippen LogP contribution in [0.5, 0.6) is 0 Å². The van der Waals surface area contributed by atoms with E-state index in [4.69, 9.17) is 13.9 Å². The maximum Gasteiger partial charge on any atom is 0.363 e. The molecule has 1 aliphatic rings. The van der Waals surface area contributed by atoms with E-state index in [1.54, 1.807) is 36.4 Å². The number of carbonyl (C=O) groups excluding carboxylic acids is 2. The van der Waals surface area contributed by atoms with Gasteiger partial charge in [-0.3, -0.25) is 0 Å². The van der Waals surface area contributed by atoms with Crippen LogP contribution in [0.4, 0.5) is 0 Å². The second kappa shape index (κ2) is 7.05. The van der Waals surface area contributed by atoms with Gasteiger partial charge in [-0.2, -0.15) is 0 Å². The predicted octanol–water partition coefficient (Wildman–Crippen LogP) is 4.14. The van der Waals surface area contributed by atoms with Gasteiger partial charge in [-0.25, -0.2) is 14.6 Å². The van der Waals surface area contributed by atoms with Crippen LogP contribution in [-0.2, 0) is 14.3 Å². The molecule has 0 spiro atoms. The Labute approximate surface area is 158 Å². The smallest absolute Gasteiger partial charge is 0.363 e. The van der Waals surface area contributed by atoms with Gasteiger partial charge >= 0.3 is 11.9 Å². The number of aliphatic imine (C=N–C) groups is 1. The third-order valence-corrected chi connectivity index (χ3v) is 4.71. The van der Waals surface area contributed by atoms with Crippen molar-refractivity contribution in [2.45, 2.75) is 0 Å². The Kier molecular flexibility index (Phi) is 4.43. The normalized spacial score (nSPS) is 14.9. The number of furan rings is 1. The Hall–Kier alpha value is -3.45. The lowest BCUT2D eigenvalue weighted by Crippen LogP contribution is -2.03. The topological polar surface area (TPSA) is 78.1 Å². The van der Waals surface area contributed by atoms with Gasteiger partial charge in [-0.1, -0.05) is 24.3 Å². The molecule has 0 atom stereocenters. The third-order valence-electron chi connectivity index (χ3n) is 3.86. The summed E-state index contributed by atoms with van der Waals surface area (Å²) in [6, 6.07) is 14.1. The number of carbonyl (C=O) groups is 2. The zero-order chi connectivity index (χ0) is 18.8. The first kappa shape index (κ1) is 17.0. The van der Waals surface area contributed by atoms with Crippen molar-refractivity contribution < 1.29 is 23.5 Å². The van der Waals surface area contributed by atoms with Crippen molar-refractivity contribution in [3.8, 4) is 11.3 Å². The lowest BCUT2D eigenvalue weighted by atomic mass is 10.1. The average Bonchev–Trinajstić information content (AvgIpc) is 3.43. The summed E-state index contributed by atoms with van der Waals surface area (Å²) in [5.74, 6) is 0.200. The van der Waals surface area contributed by atoms with E-state index in [0.29, 0.717) is 22.6 Å². The van der Waals surface area contributed by atoms with Crippen LogP contribution in [0.15, 0.2) is 69.0 Å². The van der Waals surface area contributed by atoms with Crippen molar-refractivity contribution in [3.63, 3.8) is 0 Å². The van der Waals surface area contributed by atoms with Crippen LogP contribution < -0.4 is 0 Å². The molecule has 0 N–H and O–H groups in total. The Balaban J connectivity index is 1.65. The van der Waals surface area contributed by atoms with Gasteiger partial charge < -0.3 is 13.9 Å². The van der Waals surface area contributed by atoms with Crippen molar-refractivity contribution in [1.82, 2.24) is 0 Å². The van der Waals surface area contributed by atoms with Gasteiger partial charge in [0.1, 0.15) is 11.5 Å². The zero-order valence-electron chi connectivity index (χ0n) is 14.2. The van der Waals surface area contributed by atoms with Crippen molar-refractivity contribution in [2.24, 2.45) is 4.99 Å². The van der Waals surface area contributed by atoms with Gasteiger partial charge in [0.2, 0.25) is 5.90 Å². The minimum absolute atomic E-state index is 0.153.